The third-order valence-electron chi connectivity index (χ3n) is 3.33. The van der Waals surface area contributed by atoms with Gasteiger partial charge in [0.1, 0.15) is 5.54 Å². The number of hydrogen-bond donors (Lipinski definition) is 3. The van der Waals surface area contributed by atoms with E-state index < -0.39 is 23.4 Å². The van der Waals surface area contributed by atoms with Gasteiger partial charge in [-0.3, -0.25) is 4.79 Å². The predicted molar refractivity (Wildman–Crippen MR) is 76.7 cm³/mol. The summed E-state index contributed by atoms with van der Waals surface area (Å²) in [5.41, 5.74) is 4.50. The first kappa shape index (κ1) is 14.9. The van der Waals surface area contributed by atoms with Crippen LogP contribution in [0.2, 0.25) is 0 Å². The van der Waals surface area contributed by atoms with E-state index in [1.54, 1.807) is 36.4 Å². The van der Waals surface area contributed by atoms with Gasteiger partial charge < -0.3 is 15.9 Å². The summed E-state index contributed by atoms with van der Waals surface area (Å²) in [6.07, 6.45) is -2.05. The summed E-state index contributed by atoms with van der Waals surface area (Å²) in [6.45, 7) is 0. The third kappa shape index (κ3) is 2.69. The van der Waals surface area contributed by atoms with Crippen LogP contribution in [0.15, 0.2) is 60.7 Å². The molecule has 2 atom stereocenters. The Morgan fingerprint density at radius 2 is 1.43 bits per heavy atom. The van der Waals surface area contributed by atoms with Gasteiger partial charge in [0, 0.05) is 5.56 Å². The number of carbonyl (C=O) groups excluding carboxylic acids is 1. The zero-order chi connectivity index (χ0) is 15.5. The minimum absolute atomic E-state index is 0.240. The Bertz CT molecular complexity index is 642. The highest BCUT2D eigenvalue weighted by atomic mass is 16.4. The summed E-state index contributed by atoms with van der Waals surface area (Å²) < 4.78 is 0. The van der Waals surface area contributed by atoms with Crippen LogP contribution in [0.25, 0.3) is 0 Å². The molecule has 0 spiro atoms. The number of Topliss-reactive ketones (excluding diaryl/α,β-unsaturated/α-hetero) is 1. The van der Waals surface area contributed by atoms with Crippen molar-refractivity contribution in [1.82, 2.24) is 0 Å². The first-order valence-corrected chi connectivity index (χ1v) is 6.33. The summed E-state index contributed by atoms with van der Waals surface area (Å²) >= 11 is 0. The van der Waals surface area contributed by atoms with Crippen LogP contribution >= 0.6 is 0 Å². The maximum atomic E-state index is 12.7. The molecule has 2 aromatic carbocycles. The van der Waals surface area contributed by atoms with Crippen LogP contribution in [-0.2, 0) is 10.3 Å². The summed E-state index contributed by atoms with van der Waals surface area (Å²) in [5, 5.41) is 19.1. The van der Waals surface area contributed by atoms with Crippen LogP contribution < -0.4 is 5.73 Å². The number of rotatable bonds is 5. The number of carboxylic acid groups (broad SMARTS) is 1. The average Bonchev–Trinajstić information content (AvgIpc) is 2.54. The molecule has 0 aromatic heterocycles. The smallest absolute Gasteiger partial charge is 0.335 e. The minimum Gasteiger partial charge on any atom is -0.479 e. The second kappa shape index (κ2) is 5.87. The van der Waals surface area contributed by atoms with Crippen LogP contribution in [0.1, 0.15) is 15.9 Å². The fourth-order valence-electron chi connectivity index (χ4n) is 2.15. The number of carboxylic acids is 1. The highest BCUT2D eigenvalue weighted by molar-refractivity contribution is 6.06. The number of carbonyl (C=O) groups is 2. The molecule has 2 aromatic rings. The Balaban J connectivity index is 2.57. The van der Waals surface area contributed by atoms with Crippen molar-refractivity contribution >= 4 is 11.8 Å². The number of aliphatic hydroxyl groups is 1. The summed E-state index contributed by atoms with van der Waals surface area (Å²) in [6, 6.07) is 16.1. The number of benzene rings is 2. The Hall–Kier alpha value is -2.50. The SMILES string of the molecule is NC(C(=O)c1ccccc1)(c1ccccc1)C(O)C(=O)O. The fourth-order valence-corrected chi connectivity index (χ4v) is 2.15. The molecule has 4 N–H and O–H groups in total. The highest BCUT2D eigenvalue weighted by Gasteiger charge is 2.47. The quantitative estimate of drug-likeness (QED) is 0.716. The van der Waals surface area contributed by atoms with Crippen LogP contribution in [0, 0.1) is 0 Å². The average molecular weight is 285 g/mol. The molecule has 5 heteroatoms. The maximum absolute atomic E-state index is 12.7. The van der Waals surface area contributed by atoms with Gasteiger partial charge in [-0.05, 0) is 5.56 Å². The van der Waals surface area contributed by atoms with Crippen molar-refractivity contribution < 1.29 is 19.8 Å². The molecule has 0 aliphatic carbocycles. The van der Waals surface area contributed by atoms with Crippen molar-refractivity contribution in [2.75, 3.05) is 0 Å². The Kier molecular flexibility index (Phi) is 4.16. The van der Waals surface area contributed by atoms with E-state index in [0.29, 0.717) is 0 Å². The van der Waals surface area contributed by atoms with Crippen molar-refractivity contribution in [1.29, 1.82) is 0 Å². The lowest BCUT2D eigenvalue weighted by atomic mass is 9.79. The van der Waals surface area contributed by atoms with Crippen molar-refractivity contribution in [3.63, 3.8) is 0 Å². The van der Waals surface area contributed by atoms with E-state index in [9.17, 15) is 14.7 Å². The van der Waals surface area contributed by atoms with Crippen molar-refractivity contribution in [2.45, 2.75) is 11.6 Å². The van der Waals surface area contributed by atoms with Gasteiger partial charge in [-0.15, -0.1) is 0 Å². The molecular weight excluding hydrogens is 270 g/mol. The number of aliphatic hydroxyl groups excluding tert-OH is 1. The molecule has 0 heterocycles. The van der Waals surface area contributed by atoms with Gasteiger partial charge in [-0.2, -0.15) is 0 Å². The molecule has 0 bridgehead atoms. The molecule has 0 saturated carbocycles. The van der Waals surface area contributed by atoms with Crippen LogP contribution in [0.5, 0.6) is 0 Å². The summed E-state index contributed by atoms with van der Waals surface area (Å²) in [7, 11) is 0. The van der Waals surface area contributed by atoms with Gasteiger partial charge in [0.05, 0.1) is 0 Å². The van der Waals surface area contributed by atoms with E-state index in [4.69, 9.17) is 10.8 Å². The first-order valence-electron chi connectivity index (χ1n) is 6.33. The molecule has 0 fully saturated rings. The monoisotopic (exact) mass is 285 g/mol. The summed E-state index contributed by atoms with van der Waals surface area (Å²) in [4.78, 5) is 23.8. The van der Waals surface area contributed by atoms with Gasteiger partial charge in [0.15, 0.2) is 11.9 Å². The number of ketones is 1. The largest absolute Gasteiger partial charge is 0.479 e. The second-order valence-electron chi connectivity index (χ2n) is 4.67. The molecule has 0 saturated heterocycles. The lowest BCUT2D eigenvalue weighted by molar-refractivity contribution is -0.149. The molecule has 2 unspecified atom stereocenters. The van der Waals surface area contributed by atoms with Crippen molar-refractivity contribution in [2.24, 2.45) is 5.73 Å². The molecule has 0 amide bonds. The first-order chi connectivity index (χ1) is 9.98. The number of aliphatic carboxylic acids is 1. The Morgan fingerprint density at radius 1 is 0.952 bits per heavy atom. The summed E-state index contributed by atoms with van der Waals surface area (Å²) in [5.74, 6) is -2.20. The van der Waals surface area contributed by atoms with E-state index >= 15 is 0 Å². The minimum atomic E-state index is -2.05. The fraction of sp³-hybridized carbons (Fsp3) is 0.125. The van der Waals surface area contributed by atoms with Crippen LogP contribution in [0.4, 0.5) is 0 Å². The topological polar surface area (TPSA) is 101 Å². The second-order valence-corrected chi connectivity index (χ2v) is 4.67. The Morgan fingerprint density at radius 3 is 1.90 bits per heavy atom. The normalized spacial score (nSPS) is 15.0. The van der Waals surface area contributed by atoms with Crippen LogP contribution in [0.3, 0.4) is 0 Å². The van der Waals surface area contributed by atoms with Gasteiger partial charge in [0.25, 0.3) is 0 Å². The van der Waals surface area contributed by atoms with E-state index in [1.807, 2.05) is 0 Å². The lowest BCUT2D eigenvalue weighted by Crippen LogP contribution is -2.57. The molecule has 108 valence electrons. The predicted octanol–water partition coefficient (Wildman–Crippen LogP) is 1.17. The highest BCUT2D eigenvalue weighted by Crippen LogP contribution is 2.27. The standard InChI is InChI=1S/C16H15NO4/c17-16(14(19)15(20)21,12-9-5-2-6-10-12)13(18)11-7-3-1-4-8-11/h1-10,14,19H,17H2,(H,20,21). The molecule has 2 rings (SSSR count). The molecule has 0 aliphatic rings. The maximum Gasteiger partial charge on any atom is 0.335 e. The molecule has 21 heavy (non-hydrogen) atoms. The van der Waals surface area contributed by atoms with Crippen molar-refractivity contribution in [3.05, 3.63) is 71.8 Å². The zero-order valence-electron chi connectivity index (χ0n) is 11.1. The van der Waals surface area contributed by atoms with E-state index in [2.05, 4.69) is 0 Å². The molecule has 5 nitrogen and oxygen atoms in total. The van der Waals surface area contributed by atoms with Crippen molar-refractivity contribution in [3.8, 4) is 0 Å². The molecular formula is C16H15NO4. The third-order valence-corrected chi connectivity index (χ3v) is 3.33. The zero-order valence-corrected chi connectivity index (χ0v) is 11.1. The Labute approximate surface area is 121 Å². The van der Waals surface area contributed by atoms with Gasteiger partial charge in [0.2, 0.25) is 0 Å². The molecule has 0 radical (unpaired) electrons. The van der Waals surface area contributed by atoms with Gasteiger partial charge in [-0.1, -0.05) is 60.7 Å². The molecule has 0 aliphatic heterocycles. The number of hydrogen-bond acceptors (Lipinski definition) is 4. The van der Waals surface area contributed by atoms with Gasteiger partial charge in [-0.25, -0.2) is 4.79 Å². The van der Waals surface area contributed by atoms with E-state index in [1.165, 1.54) is 24.3 Å². The van der Waals surface area contributed by atoms with E-state index in [0.717, 1.165) is 0 Å². The van der Waals surface area contributed by atoms with Crippen LogP contribution in [-0.4, -0.2) is 28.1 Å². The van der Waals surface area contributed by atoms with Gasteiger partial charge >= 0.3 is 5.97 Å². The van der Waals surface area contributed by atoms with E-state index in [-0.39, 0.29) is 11.1 Å². The number of nitrogens with two attached hydrogens (primary N) is 1. The lowest BCUT2D eigenvalue weighted by Gasteiger charge is -2.31.